The number of nitrogens with zero attached hydrogens (tertiary/aromatic N) is 1. The van der Waals surface area contributed by atoms with E-state index in [0.717, 1.165) is 6.26 Å². The van der Waals surface area contributed by atoms with E-state index in [0.29, 0.717) is 5.56 Å². The number of carboxylic acids is 1. The zero-order valence-electron chi connectivity index (χ0n) is 13.1. The molecule has 0 heterocycles. The fraction of sp³-hybridized carbons (Fsp3) is 0.467. The number of benzene rings is 1. The lowest BCUT2D eigenvalue weighted by atomic mass is 10.1. The van der Waals surface area contributed by atoms with E-state index < -0.39 is 27.1 Å². The molecule has 0 bridgehead atoms. The second-order valence-electron chi connectivity index (χ2n) is 5.46. The zero-order valence-corrected chi connectivity index (χ0v) is 13.9. The summed E-state index contributed by atoms with van der Waals surface area (Å²) >= 11 is 0. The van der Waals surface area contributed by atoms with Gasteiger partial charge >= 0.3 is 5.97 Å². The van der Waals surface area contributed by atoms with Gasteiger partial charge < -0.3 is 10.0 Å². The first-order valence-corrected chi connectivity index (χ1v) is 8.76. The zero-order chi connectivity index (χ0) is 17.1. The number of hydrogen-bond donors (Lipinski definition) is 1. The third kappa shape index (κ3) is 4.56. The monoisotopic (exact) mass is 327 g/mol. The normalized spacial score (nSPS) is 14.2. The maximum Gasteiger partial charge on any atom is 0.335 e. The summed E-state index contributed by atoms with van der Waals surface area (Å²) in [5, 5.41) is 8.17. The Morgan fingerprint density at radius 2 is 1.68 bits per heavy atom. The van der Waals surface area contributed by atoms with Crippen LogP contribution in [0.15, 0.2) is 24.3 Å². The van der Waals surface area contributed by atoms with Crippen LogP contribution in [0.2, 0.25) is 0 Å². The fourth-order valence-electron chi connectivity index (χ4n) is 1.96. The molecule has 0 aliphatic carbocycles. The predicted molar refractivity (Wildman–Crippen MR) is 83.6 cm³/mol. The Balaban J connectivity index is 2.77. The summed E-state index contributed by atoms with van der Waals surface area (Å²) < 4.78 is 23.1. The Hall–Kier alpha value is -1.89. The Labute approximate surface area is 130 Å². The standard InChI is InChI=1S/C15H21NO5S/c1-10(11(2)22(4,20)21)16(3)14(17)9-12-5-7-13(8-6-12)15(18)19/h5-8,10-11H,9H2,1-4H3,(H,18,19). The highest BCUT2D eigenvalue weighted by Crippen LogP contribution is 2.13. The van der Waals surface area contributed by atoms with Gasteiger partial charge in [-0.25, -0.2) is 13.2 Å². The highest BCUT2D eigenvalue weighted by atomic mass is 32.2. The van der Waals surface area contributed by atoms with Crippen LogP contribution in [-0.2, 0) is 21.1 Å². The molecule has 7 heteroatoms. The van der Waals surface area contributed by atoms with Crippen LogP contribution in [-0.4, -0.2) is 54.9 Å². The summed E-state index contributed by atoms with van der Waals surface area (Å²) in [5.74, 6) is -1.24. The van der Waals surface area contributed by atoms with Crippen molar-refractivity contribution < 1.29 is 23.1 Å². The third-order valence-corrected chi connectivity index (χ3v) is 5.66. The van der Waals surface area contributed by atoms with E-state index in [1.54, 1.807) is 33.0 Å². The van der Waals surface area contributed by atoms with Crippen molar-refractivity contribution in [3.63, 3.8) is 0 Å². The SMILES string of the molecule is CC(C(C)S(C)(=O)=O)N(C)C(=O)Cc1ccc(C(=O)O)cc1. The quantitative estimate of drug-likeness (QED) is 0.848. The van der Waals surface area contributed by atoms with Crippen molar-refractivity contribution in [3.05, 3.63) is 35.4 Å². The number of carbonyl (C=O) groups is 2. The van der Waals surface area contributed by atoms with Gasteiger partial charge in [-0.3, -0.25) is 4.79 Å². The number of hydrogen-bond acceptors (Lipinski definition) is 4. The smallest absolute Gasteiger partial charge is 0.335 e. The predicted octanol–water partition coefficient (Wildman–Crippen LogP) is 1.21. The molecule has 122 valence electrons. The van der Waals surface area contributed by atoms with Crippen molar-refractivity contribution >= 4 is 21.7 Å². The number of aromatic carboxylic acids is 1. The second kappa shape index (κ2) is 6.91. The number of carbonyl (C=O) groups excluding carboxylic acids is 1. The summed E-state index contributed by atoms with van der Waals surface area (Å²) in [6.45, 7) is 3.27. The Kier molecular flexibility index (Phi) is 5.71. The van der Waals surface area contributed by atoms with E-state index in [9.17, 15) is 18.0 Å². The molecular formula is C15H21NO5S. The van der Waals surface area contributed by atoms with E-state index in [4.69, 9.17) is 5.11 Å². The number of carboxylic acid groups (broad SMARTS) is 1. The molecule has 0 aliphatic rings. The van der Waals surface area contributed by atoms with Gasteiger partial charge in [-0.1, -0.05) is 12.1 Å². The number of likely N-dealkylation sites (N-methyl/N-ethyl adjacent to an activating group) is 1. The minimum atomic E-state index is -3.23. The van der Waals surface area contributed by atoms with Crippen LogP contribution in [0.3, 0.4) is 0 Å². The van der Waals surface area contributed by atoms with Crippen molar-refractivity contribution in [2.75, 3.05) is 13.3 Å². The van der Waals surface area contributed by atoms with Gasteiger partial charge in [-0.15, -0.1) is 0 Å². The van der Waals surface area contributed by atoms with Crippen LogP contribution in [0.5, 0.6) is 0 Å². The Morgan fingerprint density at radius 1 is 1.18 bits per heavy atom. The van der Waals surface area contributed by atoms with E-state index >= 15 is 0 Å². The highest BCUT2D eigenvalue weighted by Gasteiger charge is 2.27. The molecule has 6 nitrogen and oxygen atoms in total. The number of amides is 1. The third-order valence-electron chi connectivity index (χ3n) is 3.92. The van der Waals surface area contributed by atoms with Crippen LogP contribution in [0, 0.1) is 0 Å². The summed E-state index contributed by atoms with van der Waals surface area (Å²) in [4.78, 5) is 24.4. The minimum absolute atomic E-state index is 0.0945. The van der Waals surface area contributed by atoms with Gasteiger partial charge in [0.2, 0.25) is 5.91 Å². The van der Waals surface area contributed by atoms with Crippen LogP contribution in [0.1, 0.15) is 29.8 Å². The van der Waals surface area contributed by atoms with Crippen LogP contribution < -0.4 is 0 Å². The maximum absolute atomic E-state index is 12.2. The first-order valence-electron chi connectivity index (χ1n) is 6.80. The van der Waals surface area contributed by atoms with Crippen molar-refractivity contribution in [1.29, 1.82) is 0 Å². The molecule has 1 amide bonds. The molecule has 0 aliphatic heterocycles. The molecule has 0 saturated carbocycles. The lowest BCUT2D eigenvalue weighted by Gasteiger charge is -2.29. The number of rotatable bonds is 6. The maximum atomic E-state index is 12.2. The lowest BCUT2D eigenvalue weighted by Crippen LogP contribution is -2.45. The first kappa shape index (κ1) is 18.2. The molecule has 2 atom stereocenters. The Bertz CT molecular complexity index is 651. The van der Waals surface area contributed by atoms with E-state index in [2.05, 4.69) is 0 Å². The summed E-state index contributed by atoms with van der Waals surface area (Å²) in [7, 11) is -1.66. The van der Waals surface area contributed by atoms with Crippen molar-refractivity contribution in [3.8, 4) is 0 Å². The van der Waals surface area contributed by atoms with Gasteiger partial charge in [0.05, 0.1) is 17.2 Å². The lowest BCUT2D eigenvalue weighted by molar-refractivity contribution is -0.130. The molecular weight excluding hydrogens is 306 g/mol. The van der Waals surface area contributed by atoms with Gasteiger partial charge in [0.25, 0.3) is 0 Å². The van der Waals surface area contributed by atoms with E-state index in [1.165, 1.54) is 17.0 Å². The molecule has 0 aromatic heterocycles. The van der Waals surface area contributed by atoms with Gasteiger partial charge in [-0.2, -0.15) is 0 Å². The minimum Gasteiger partial charge on any atom is -0.478 e. The van der Waals surface area contributed by atoms with Gasteiger partial charge in [-0.05, 0) is 31.5 Å². The molecule has 2 unspecified atom stereocenters. The number of sulfone groups is 1. The molecule has 1 rings (SSSR count). The molecule has 0 spiro atoms. The van der Waals surface area contributed by atoms with Gasteiger partial charge in [0.15, 0.2) is 9.84 Å². The van der Waals surface area contributed by atoms with Crippen molar-refractivity contribution in [1.82, 2.24) is 4.90 Å². The van der Waals surface area contributed by atoms with Crippen molar-refractivity contribution in [2.24, 2.45) is 0 Å². The van der Waals surface area contributed by atoms with Gasteiger partial charge in [0.1, 0.15) is 0 Å². The average molecular weight is 327 g/mol. The largest absolute Gasteiger partial charge is 0.478 e. The van der Waals surface area contributed by atoms with Crippen LogP contribution in [0.4, 0.5) is 0 Å². The fourth-order valence-corrected chi connectivity index (χ4v) is 2.86. The molecule has 1 N–H and O–H groups in total. The molecule has 1 aromatic carbocycles. The van der Waals surface area contributed by atoms with Crippen LogP contribution in [0.25, 0.3) is 0 Å². The van der Waals surface area contributed by atoms with E-state index in [1.807, 2.05) is 0 Å². The Morgan fingerprint density at radius 3 is 2.09 bits per heavy atom. The summed E-state index contributed by atoms with van der Waals surface area (Å²) in [6.07, 6.45) is 1.24. The van der Waals surface area contributed by atoms with E-state index in [-0.39, 0.29) is 17.9 Å². The second-order valence-corrected chi connectivity index (χ2v) is 7.86. The molecule has 0 fully saturated rings. The summed E-state index contributed by atoms with van der Waals surface area (Å²) in [5.41, 5.74) is 0.838. The molecule has 0 radical (unpaired) electrons. The average Bonchev–Trinajstić information content (AvgIpc) is 2.44. The van der Waals surface area contributed by atoms with Crippen molar-refractivity contribution in [2.45, 2.75) is 31.6 Å². The molecule has 22 heavy (non-hydrogen) atoms. The topological polar surface area (TPSA) is 91.8 Å². The summed E-state index contributed by atoms with van der Waals surface area (Å²) in [6, 6.07) is 5.60. The first-order chi connectivity index (χ1) is 10.0. The highest BCUT2D eigenvalue weighted by molar-refractivity contribution is 7.91. The van der Waals surface area contributed by atoms with Crippen LogP contribution >= 0.6 is 0 Å². The van der Waals surface area contributed by atoms with Gasteiger partial charge in [0, 0.05) is 19.3 Å². The molecule has 1 aromatic rings. The molecule has 0 saturated heterocycles.